The predicted octanol–water partition coefficient (Wildman–Crippen LogP) is 4.64. The predicted molar refractivity (Wildman–Crippen MR) is 75.4 cm³/mol. The van der Waals surface area contributed by atoms with Crippen molar-refractivity contribution in [3.8, 4) is 0 Å². The second-order valence-corrected chi connectivity index (χ2v) is 5.62. The first-order valence-electron chi connectivity index (χ1n) is 7.53. The lowest BCUT2D eigenvalue weighted by Gasteiger charge is -2.18. The van der Waals surface area contributed by atoms with Crippen molar-refractivity contribution in [2.75, 3.05) is 6.61 Å². The molecule has 1 aliphatic rings. The lowest BCUT2D eigenvalue weighted by atomic mass is 9.90. The van der Waals surface area contributed by atoms with Crippen molar-refractivity contribution in [3.63, 3.8) is 0 Å². The molecule has 1 aliphatic carbocycles. The molecule has 1 rings (SSSR count). The molecule has 0 radical (unpaired) electrons. The van der Waals surface area contributed by atoms with E-state index < -0.39 is 0 Å². The third-order valence-corrected chi connectivity index (χ3v) is 3.83. The molecule has 104 valence electrons. The molecule has 0 amide bonds. The van der Waals surface area contributed by atoms with E-state index in [9.17, 15) is 4.79 Å². The zero-order valence-electron chi connectivity index (χ0n) is 11.9. The molecule has 0 aromatic carbocycles. The maximum absolute atomic E-state index is 11.3. The molecule has 0 aromatic heterocycles. The van der Waals surface area contributed by atoms with E-state index in [1.165, 1.54) is 57.8 Å². The zero-order chi connectivity index (χ0) is 13.2. The third-order valence-electron chi connectivity index (χ3n) is 3.83. The Bertz CT molecular complexity index is 248. The quantitative estimate of drug-likeness (QED) is 0.538. The molecule has 18 heavy (non-hydrogen) atoms. The van der Waals surface area contributed by atoms with Gasteiger partial charge in [0.05, 0.1) is 6.61 Å². The zero-order valence-corrected chi connectivity index (χ0v) is 11.9. The minimum Gasteiger partial charge on any atom is -0.462 e. The van der Waals surface area contributed by atoms with E-state index in [1.54, 1.807) is 6.92 Å². The summed E-state index contributed by atoms with van der Waals surface area (Å²) in [5.74, 6) is 0.510. The van der Waals surface area contributed by atoms with Crippen LogP contribution in [0.1, 0.15) is 71.1 Å². The van der Waals surface area contributed by atoms with Crippen LogP contribution in [0, 0.1) is 5.92 Å². The van der Waals surface area contributed by atoms with E-state index in [0.29, 0.717) is 12.2 Å². The van der Waals surface area contributed by atoms with Gasteiger partial charge in [-0.1, -0.05) is 64.4 Å². The fraction of sp³-hybridized carbons (Fsp3) is 0.812. The van der Waals surface area contributed by atoms with Gasteiger partial charge in [0.25, 0.3) is 0 Å². The number of hydrogen-bond acceptors (Lipinski definition) is 2. The summed E-state index contributed by atoms with van der Waals surface area (Å²) in [6.45, 7) is 5.86. The lowest BCUT2D eigenvalue weighted by Crippen LogP contribution is -2.11. The number of esters is 1. The van der Waals surface area contributed by atoms with Gasteiger partial charge in [-0.3, -0.25) is 0 Å². The topological polar surface area (TPSA) is 26.3 Å². The Morgan fingerprint density at radius 2 is 1.56 bits per heavy atom. The highest BCUT2D eigenvalue weighted by Gasteiger charge is 2.11. The summed E-state index contributed by atoms with van der Waals surface area (Å²) < 4.78 is 5.20. The molecular weight excluding hydrogens is 224 g/mol. The van der Waals surface area contributed by atoms with Gasteiger partial charge >= 0.3 is 5.97 Å². The van der Waals surface area contributed by atoms with Gasteiger partial charge in [0.2, 0.25) is 0 Å². The maximum atomic E-state index is 11.3. The van der Waals surface area contributed by atoms with Crippen LogP contribution >= 0.6 is 0 Å². The Kier molecular flexibility index (Phi) is 7.79. The molecule has 0 atom stereocenters. The Morgan fingerprint density at radius 1 is 1.06 bits per heavy atom. The fourth-order valence-electron chi connectivity index (χ4n) is 2.62. The SMILES string of the molecule is C=C(C)C(=O)OCCC1CCCCCCCCC1. The highest BCUT2D eigenvalue weighted by atomic mass is 16.5. The molecule has 1 saturated carbocycles. The molecule has 2 nitrogen and oxygen atoms in total. The number of hydrogen-bond donors (Lipinski definition) is 0. The van der Waals surface area contributed by atoms with E-state index in [2.05, 4.69) is 6.58 Å². The molecule has 0 aromatic rings. The van der Waals surface area contributed by atoms with Crippen LogP contribution in [0.25, 0.3) is 0 Å². The Balaban J connectivity index is 2.20. The third kappa shape index (κ3) is 6.83. The molecule has 0 heterocycles. The monoisotopic (exact) mass is 252 g/mol. The summed E-state index contributed by atoms with van der Waals surface area (Å²) >= 11 is 0. The van der Waals surface area contributed by atoms with Crippen LogP contribution < -0.4 is 0 Å². The minimum atomic E-state index is -0.241. The van der Waals surface area contributed by atoms with E-state index >= 15 is 0 Å². The van der Waals surface area contributed by atoms with Gasteiger partial charge in [-0.2, -0.15) is 0 Å². The Hall–Kier alpha value is -0.790. The standard InChI is InChI=1S/C16H28O2/c1-14(2)16(17)18-13-12-15-10-8-6-4-3-5-7-9-11-15/h15H,1,3-13H2,2H3. The number of ether oxygens (including phenoxy) is 1. The van der Waals surface area contributed by atoms with Crippen LogP contribution in [-0.2, 0) is 9.53 Å². The molecule has 0 bridgehead atoms. The van der Waals surface area contributed by atoms with Gasteiger partial charge in [-0.15, -0.1) is 0 Å². The summed E-state index contributed by atoms with van der Waals surface area (Å²) in [5, 5.41) is 0. The molecule has 0 aliphatic heterocycles. The van der Waals surface area contributed by atoms with Crippen LogP contribution in [-0.4, -0.2) is 12.6 Å². The molecule has 0 unspecified atom stereocenters. The molecule has 2 heteroatoms. The van der Waals surface area contributed by atoms with Gasteiger partial charge < -0.3 is 4.74 Å². The molecule has 0 N–H and O–H groups in total. The second-order valence-electron chi connectivity index (χ2n) is 5.62. The average molecular weight is 252 g/mol. The largest absolute Gasteiger partial charge is 0.462 e. The van der Waals surface area contributed by atoms with E-state index in [4.69, 9.17) is 4.74 Å². The molecule has 0 spiro atoms. The normalized spacial score (nSPS) is 19.2. The minimum absolute atomic E-state index is 0.241. The number of carbonyl (C=O) groups excluding carboxylic acids is 1. The first kappa shape index (κ1) is 15.3. The van der Waals surface area contributed by atoms with Gasteiger partial charge in [0.15, 0.2) is 0 Å². The van der Waals surface area contributed by atoms with E-state index in [0.717, 1.165) is 12.3 Å². The Labute approximate surface area is 112 Å². The van der Waals surface area contributed by atoms with Gasteiger partial charge in [0, 0.05) is 5.57 Å². The summed E-state index contributed by atoms with van der Waals surface area (Å²) in [6, 6.07) is 0. The fourth-order valence-corrected chi connectivity index (χ4v) is 2.62. The van der Waals surface area contributed by atoms with Gasteiger partial charge in [-0.05, 0) is 19.3 Å². The Morgan fingerprint density at radius 3 is 2.06 bits per heavy atom. The van der Waals surface area contributed by atoms with Crippen molar-refractivity contribution >= 4 is 5.97 Å². The summed E-state index contributed by atoms with van der Waals surface area (Å²) in [5.41, 5.74) is 0.501. The van der Waals surface area contributed by atoms with Crippen LogP contribution in [0.2, 0.25) is 0 Å². The van der Waals surface area contributed by atoms with E-state index in [1.807, 2.05) is 0 Å². The van der Waals surface area contributed by atoms with Crippen molar-refractivity contribution in [2.24, 2.45) is 5.92 Å². The number of carbonyl (C=O) groups is 1. The smallest absolute Gasteiger partial charge is 0.333 e. The van der Waals surface area contributed by atoms with Crippen molar-refractivity contribution in [2.45, 2.75) is 71.1 Å². The highest BCUT2D eigenvalue weighted by Crippen LogP contribution is 2.23. The van der Waals surface area contributed by atoms with Crippen LogP contribution in [0.5, 0.6) is 0 Å². The van der Waals surface area contributed by atoms with Crippen LogP contribution in [0.15, 0.2) is 12.2 Å². The maximum Gasteiger partial charge on any atom is 0.333 e. The molecular formula is C16H28O2. The van der Waals surface area contributed by atoms with Crippen molar-refractivity contribution in [1.29, 1.82) is 0 Å². The lowest BCUT2D eigenvalue weighted by molar-refractivity contribution is -0.139. The van der Waals surface area contributed by atoms with E-state index in [-0.39, 0.29) is 5.97 Å². The first-order chi connectivity index (χ1) is 8.70. The summed E-state index contributed by atoms with van der Waals surface area (Å²) in [7, 11) is 0. The molecule has 1 fully saturated rings. The second kappa shape index (κ2) is 9.18. The number of rotatable bonds is 4. The summed E-state index contributed by atoms with van der Waals surface area (Å²) in [4.78, 5) is 11.3. The van der Waals surface area contributed by atoms with Gasteiger partial charge in [-0.25, -0.2) is 4.79 Å². The summed E-state index contributed by atoms with van der Waals surface area (Å²) in [6.07, 6.45) is 13.3. The van der Waals surface area contributed by atoms with Gasteiger partial charge in [0.1, 0.15) is 0 Å². The highest BCUT2D eigenvalue weighted by molar-refractivity contribution is 5.86. The van der Waals surface area contributed by atoms with Crippen LogP contribution in [0.4, 0.5) is 0 Å². The first-order valence-corrected chi connectivity index (χ1v) is 7.53. The van der Waals surface area contributed by atoms with Crippen LogP contribution in [0.3, 0.4) is 0 Å². The van der Waals surface area contributed by atoms with Crippen molar-refractivity contribution in [3.05, 3.63) is 12.2 Å². The average Bonchev–Trinajstić information content (AvgIpc) is 2.36. The van der Waals surface area contributed by atoms with Crippen molar-refractivity contribution in [1.82, 2.24) is 0 Å². The van der Waals surface area contributed by atoms with Crippen molar-refractivity contribution < 1.29 is 9.53 Å². The molecule has 0 saturated heterocycles.